The predicted octanol–water partition coefficient (Wildman–Crippen LogP) is 5.94. The van der Waals surface area contributed by atoms with Crippen LogP contribution in [0.5, 0.6) is 0 Å². The highest BCUT2D eigenvalue weighted by molar-refractivity contribution is 5.97. The summed E-state index contributed by atoms with van der Waals surface area (Å²) in [7, 11) is 1.43. The lowest BCUT2D eigenvalue weighted by Crippen LogP contribution is -2.34. The molecule has 1 aromatic heterocycles. The van der Waals surface area contributed by atoms with Crippen LogP contribution in [-0.4, -0.2) is 71.1 Å². The lowest BCUT2D eigenvalue weighted by molar-refractivity contribution is -0.140. The summed E-state index contributed by atoms with van der Waals surface area (Å²) in [6, 6.07) is 5.98. The number of piperidine rings is 1. The number of imidazole rings is 1. The summed E-state index contributed by atoms with van der Waals surface area (Å²) in [4.78, 5) is 34.9. The minimum absolute atomic E-state index is 0.113. The molecule has 1 aromatic carbocycles. The first kappa shape index (κ1) is 30.1. The van der Waals surface area contributed by atoms with Crippen LogP contribution < -0.4 is 0 Å². The molecule has 212 valence electrons. The smallest absolute Gasteiger partial charge is 0.305 e. The highest BCUT2D eigenvalue weighted by Crippen LogP contribution is 2.22. The lowest BCUT2D eigenvalue weighted by atomic mass is 10.1. The number of fused-ring (bicyclic) bond motifs is 1. The maximum Gasteiger partial charge on any atom is 0.305 e. The fourth-order valence-corrected chi connectivity index (χ4v) is 5.20. The third-order valence-electron chi connectivity index (χ3n) is 7.63. The lowest BCUT2D eigenvalue weighted by Gasteiger charge is -2.26. The van der Waals surface area contributed by atoms with Gasteiger partial charge in [0.1, 0.15) is 5.82 Å². The van der Waals surface area contributed by atoms with Crippen LogP contribution in [0.3, 0.4) is 0 Å². The van der Waals surface area contributed by atoms with E-state index in [1.807, 2.05) is 23.1 Å². The number of amides is 1. The number of carbonyl (C=O) groups is 2. The zero-order valence-electron chi connectivity index (χ0n) is 24.5. The molecule has 1 amide bonds. The molecule has 0 bridgehead atoms. The molecule has 0 aliphatic carbocycles. The number of carbonyl (C=O) groups excluding carboxylic acids is 2. The molecule has 1 fully saturated rings. The number of ether oxygens (including phenoxy) is 1. The van der Waals surface area contributed by atoms with Gasteiger partial charge in [0.05, 0.1) is 18.1 Å². The molecule has 3 rings (SSSR count). The van der Waals surface area contributed by atoms with E-state index in [1.165, 1.54) is 39.5 Å². The normalized spacial score (nSPS) is 14.5. The molecule has 38 heavy (non-hydrogen) atoms. The molecule has 0 radical (unpaired) electrons. The fraction of sp³-hybridized carbons (Fsp3) is 0.710. The van der Waals surface area contributed by atoms with Crippen LogP contribution in [0.15, 0.2) is 18.2 Å². The molecule has 1 saturated heterocycles. The monoisotopic (exact) mass is 526 g/mol. The van der Waals surface area contributed by atoms with E-state index in [0.29, 0.717) is 31.1 Å². The SMILES string of the molecule is COC(=O)CCCc1nc2ccc(C(=O)N(CCC(C)C)CCC(C)C)cc2n1CCCN1CCCCC1. The second-order valence-corrected chi connectivity index (χ2v) is 11.7. The number of benzene rings is 1. The Labute approximate surface area is 229 Å². The van der Waals surface area contributed by atoms with E-state index in [-0.39, 0.29) is 11.9 Å². The Morgan fingerprint density at radius 3 is 2.29 bits per heavy atom. The maximum absolute atomic E-state index is 13.7. The van der Waals surface area contributed by atoms with Crippen molar-refractivity contribution in [1.29, 1.82) is 0 Å². The van der Waals surface area contributed by atoms with E-state index in [9.17, 15) is 9.59 Å². The standard InChI is InChI=1S/C31H50N4O3/c1-24(2)15-21-34(22-16-25(3)4)31(37)26-13-14-27-28(23-26)35(20-10-19-33-17-7-6-8-18-33)29(32-27)11-9-12-30(36)38-5/h13-14,23-25H,6-12,15-22H2,1-5H3. The summed E-state index contributed by atoms with van der Waals surface area (Å²) in [5.74, 6) is 2.03. The fourth-order valence-electron chi connectivity index (χ4n) is 5.20. The number of nitrogens with zero attached hydrogens (tertiary/aromatic N) is 4. The average Bonchev–Trinajstić information content (AvgIpc) is 3.25. The van der Waals surface area contributed by atoms with Gasteiger partial charge in [0.25, 0.3) is 5.91 Å². The minimum Gasteiger partial charge on any atom is -0.469 e. The molecule has 1 aliphatic heterocycles. The number of esters is 1. The van der Waals surface area contributed by atoms with E-state index in [4.69, 9.17) is 9.72 Å². The summed E-state index contributed by atoms with van der Waals surface area (Å²) >= 11 is 0. The first-order valence-electron chi connectivity index (χ1n) is 14.9. The van der Waals surface area contributed by atoms with E-state index in [2.05, 4.69) is 37.2 Å². The first-order valence-corrected chi connectivity index (χ1v) is 14.9. The molecule has 0 N–H and O–H groups in total. The van der Waals surface area contributed by atoms with Crippen molar-refractivity contribution in [2.75, 3.05) is 39.8 Å². The van der Waals surface area contributed by atoms with E-state index >= 15 is 0 Å². The number of aromatic nitrogens is 2. The molecule has 7 nitrogen and oxygen atoms in total. The number of aryl methyl sites for hydroxylation is 2. The zero-order chi connectivity index (χ0) is 27.5. The largest absolute Gasteiger partial charge is 0.469 e. The molecule has 2 heterocycles. The Balaban J connectivity index is 1.83. The van der Waals surface area contributed by atoms with Crippen LogP contribution >= 0.6 is 0 Å². The van der Waals surface area contributed by atoms with Crippen LogP contribution in [0.2, 0.25) is 0 Å². The summed E-state index contributed by atoms with van der Waals surface area (Å²) in [5, 5.41) is 0. The third kappa shape index (κ3) is 9.11. The Bertz CT molecular complexity index is 1010. The zero-order valence-corrected chi connectivity index (χ0v) is 24.5. The molecule has 0 saturated carbocycles. The number of rotatable bonds is 15. The third-order valence-corrected chi connectivity index (χ3v) is 7.63. The van der Waals surface area contributed by atoms with Crippen molar-refractivity contribution < 1.29 is 14.3 Å². The number of likely N-dealkylation sites (tertiary alicyclic amines) is 1. The predicted molar refractivity (Wildman–Crippen MR) is 154 cm³/mol. The van der Waals surface area contributed by atoms with Crippen molar-refractivity contribution >= 4 is 22.9 Å². The molecule has 0 spiro atoms. The molecular formula is C31H50N4O3. The number of hydrogen-bond acceptors (Lipinski definition) is 5. The summed E-state index contributed by atoms with van der Waals surface area (Å²) in [5.41, 5.74) is 2.68. The van der Waals surface area contributed by atoms with E-state index < -0.39 is 0 Å². The molecule has 7 heteroatoms. The van der Waals surface area contributed by atoms with Gasteiger partial charge in [0.15, 0.2) is 0 Å². The van der Waals surface area contributed by atoms with Crippen molar-refractivity contribution in [2.45, 2.75) is 92.0 Å². The van der Waals surface area contributed by atoms with Gasteiger partial charge in [-0.2, -0.15) is 0 Å². The van der Waals surface area contributed by atoms with Crippen LogP contribution in [0.4, 0.5) is 0 Å². The topological polar surface area (TPSA) is 67.7 Å². The van der Waals surface area contributed by atoms with Gasteiger partial charge in [-0.1, -0.05) is 34.1 Å². The van der Waals surface area contributed by atoms with E-state index in [1.54, 1.807) is 0 Å². The van der Waals surface area contributed by atoms with E-state index in [0.717, 1.165) is 67.9 Å². The van der Waals surface area contributed by atoms with Gasteiger partial charge in [0.2, 0.25) is 0 Å². The van der Waals surface area contributed by atoms with Crippen molar-refractivity contribution in [3.63, 3.8) is 0 Å². The van der Waals surface area contributed by atoms with Gasteiger partial charge in [0, 0.05) is 38.0 Å². The van der Waals surface area contributed by atoms with Crippen LogP contribution in [0.25, 0.3) is 11.0 Å². The van der Waals surface area contributed by atoms with Crippen LogP contribution in [-0.2, 0) is 22.5 Å². The van der Waals surface area contributed by atoms with Crippen LogP contribution in [0, 0.1) is 11.8 Å². The summed E-state index contributed by atoms with van der Waals surface area (Å²) in [6.07, 6.45) is 8.79. The first-order chi connectivity index (χ1) is 18.3. The molecule has 0 atom stereocenters. The van der Waals surface area contributed by atoms with Crippen molar-refractivity contribution in [2.24, 2.45) is 11.8 Å². The minimum atomic E-state index is -0.187. The molecule has 0 unspecified atom stereocenters. The maximum atomic E-state index is 13.7. The van der Waals surface area contributed by atoms with Gasteiger partial charge in [-0.3, -0.25) is 9.59 Å². The Hall–Kier alpha value is -2.41. The van der Waals surface area contributed by atoms with Crippen LogP contribution in [0.1, 0.15) is 95.2 Å². The second-order valence-electron chi connectivity index (χ2n) is 11.7. The van der Waals surface area contributed by atoms with Crippen molar-refractivity contribution in [3.05, 3.63) is 29.6 Å². The highest BCUT2D eigenvalue weighted by atomic mass is 16.5. The molecule has 1 aliphatic rings. The van der Waals surface area contributed by atoms with Crippen molar-refractivity contribution in [1.82, 2.24) is 19.4 Å². The summed E-state index contributed by atoms with van der Waals surface area (Å²) < 4.78 is 7.12. The highest BCUT2D eigenvalue weighted by Gasteiger charge is 2.20. The molecule has 2 aromatic rings. The van der Waals surface area contributed by atoms with Gasteiger partial charge in [-0.25, -0.2) is 4.98 Å². The summed E-state index contributed by atoms with van der Waals surface area (Å²) in [6.45, 7) is 14.7. The quantitative estimate of drug-likeness (QED) is 0.269. The number of methoxy groups -OCH3 is 1. The van der Waals surface area contributed by atoms with Crippen molar-refractivity contribution in [3.8, 4) is 0 Å². The second kappa shape index (κ2) is 15.2. The Morgan fingerprint density at radius 2 is 1.66 bits per heavy atom. The van der Waals surface area contributed by atoms with Gasteiger partial charge in [-0.05, 0) is 88.2 Å². The average molecular weight is 527 g/mol. The molecular weight excluding hydrogens is 476 g/mol. The van der Waals surface area contributed by atoms with Gasteiger partial charge >= 0.3 is 5.97 Å². The Kier molecular flexibility index (Phi) is 12.1. The van der Waals surface area contributed by atoms with Gasteiger partial charge < -0.3 is 19.1 Å². The Morgan fingerprint density at radius 1 is 0.974 bits per heavy atom. The van der Waals surface area contributed by atoms with Gasteiger partial charge in [-0.15, -0.1) is 0 Å². The number of hydrogen-bond donors (Lipinski definition) is 0.